The Morgan fingerprint density at radius 1 is 0.360 bits per heavy atom. The molecule has 2 aliphatic carbocycles. The van der Waals surface area contributed by atoms with Gasteiger partial charge >= 0.3 is 0 Å². The van der Waals surface area contributed by atoms with Crippen molar-refractivity contribution in [2.24, 2.45) is 5.41 Å². The zero-order valence-corrected chi connectivity index (χ0v) is 30.4. The number of nitrogens with zero attached hydrogens (tertiary/aromatic N) is 2. The molecule has 2 heterocycles. The number of benzene rings is 6. The first-order chi connectivity index (χ1) is 23.8. The van der Waals surface area contributed by atoms with Crippen LogP contribution in [0, 0.1) is 5.41 Å². The summed E-state index contributed by atoms with van der Waals surface area (Å²) in [4.78, 5) is 0. The molecule has 6 aromatic carbocycles. The van der Waals surface area contributed by atoms with Crippen molar-refractivity contribution in [1.29, 1.82) is 0 Å². The van der Waals surface area contributed by atoms with Gasteiger partial charge in [0, 0.05) is 38.3 Å². The van der Waals surface area contributed by atoms with Crippen LogP contribution < -0.4 is 0 Å². The van der Waals surface area contributed by atoms with E-state index in [0.29, 0.717) is 0 Å². The van der Waals surface area contributed by atoms with Gasteiger partial charge in [-0.25, -0.2) is 0 Å². The van der Waals surface area contributed by atoms with Crippen molar-refractivity contribution >= 4 is 43.6 Å². The van der Waals surface area contributed by atoms with Crippen molar-refractivity contribution in [2.75, 3.05) is 0 Å². The maximum absolute atomic E-state index is 2.56. The zero-order chi connectivity index (χ0) is 34.5. The van der Waals surface area contributed by atoms with Gasteiger partial charge < -0.3 is 9.13 Å². The minimum absolute atomic E-state index is 0.0182. The van der Waals surface area contributed by atoms with Gasteiger partial charge in [-0.3, -0.25) is 0 Å². The molecule has 0 atom stereocenters. The number of rotatable bonds is 2. The van der Waals surface area contributed by atoms with Crippen LogP contribution in [-0.4, -0.2) is 9.13 Å². The molecule has 8 aromatic rings. The molecule has 50 heavy (non-hydrogen) atoms. The Kier molecular flexibility index (Phi) is 5.59. The maximum atomic E-state index is 2.56. The van der Waals surface area contributed by atoms with E-state index in [-0.39, 0.29) is 21.7 Å². The van der Waals surface area contributed by atoms with Crippen LogP contribution in [-0.2, 0) is 16.2 Å². The molecule has 2 nitrogen and oxygen atoms in total. The Balaban J connectivity index is 1.26. The first-order valence-corrected chi connectivity index (χ1v) is 18.2. The summed E-state index contributed by atoms with van der Waals surface area (Å²) in [5, 5.41) is 5.25. The molecule has 0 unspecified atom stereocenters. The molecular weight excluding hydrogens is 605 g/mol. The fraction of sp³-hybridized carbons (Fsp3) is 0.250. The summed E-state index contributed by atoms with van der Waals surface area (Å²) in [6.07, 6.45) is 0. The molecule has 2 heteroatoms. The Bertz CT molecular complexity index is 2690. The summed E-state index contributed by atoms with van der Waals surface area (Å²) in [7, 11) is 0. The molecule has 0 amide bonds. The van der Waals surface area contributed by atoms with E-state index in [1.54, 1.807) is 0 Å². The van der Waals surface area contributed by atoms with E-state index in [1.165, 1.54) is 88.4 Å². The highest BCUT2D eigenvalue weighted by atomic mass is 15.0. The molecule has 0 bridgehead atoms. The van der Waals surface area contributed by atoms with Crippen molar-refractivity contribution in [3.05, 3.63) is 144 Å². The van der Waals surface area contributed by atoms with E-state index in [2.05, 4.69) is 186 Å². The lowest BCUT2D eigenvalue weighted by Gasteiger charge is -2.44. The second-order valence-corrected chi connectivity index (χ2v) is 17.1. The quantitative estimate of drug-likeness (QED) is 0.177. The van der Waals surface area contributed by atoms with Crippen LogP contribution in [0.15, 0.2) is 121 Å². The standard InChI is InChI=1S/C48H44N2/c1-45(2)37-18-12-9-15-31(37)34-25-35-36-26-39-40(47(5,6)48(7,8)46(39,3)4)28-44(36)50(43(35)27-38(34)45)30-23-21-29(22-24-30)49-41-19-13-10-16-32(41)33-17-11-14-20-42(33)49/h9-28H,1-8H3. The second-order valence-electron chi connectivity index (χ2n) is 17.1. The van der Waals surface area contributed by atoms with Gasteiger partial charge in [-0.15, -0.1) is 0 Å². The number of para-hydroxylation sites is 2. The first-order valence-electron chi connectivity index (χ1n) is 18.2. The zero-order valence-electron chi connectivity index (χ0n) is 30.4. The number of hydrogen-bond donors (Lipinski definition) is 0. The predicted molar refractivity (Wildman–Crippen MR) is 213 cm³/mol. The minimum Gasteiger partial charge on any atom is -0.309 e. The molecule has 0 radical (unpaired) electrons. The molecule has 0 N–H and O–H groups in total. The van der Waals surface area contributed by atoms with E-state index in [0.717, 1.165) is 0 Å². The maximum Gasteiger partial charge on any atom is 0.0544 e. The summed E-state index contributed by atoms with van der Waals surface area (Å²) in [6.45, 7) is 19.5. The third kappa shape index (κ3) is 3.45. The number of hydrogen-bond acceptors (Lipinski definition) is 0. The van der Waals surface area contributed by atoms with E-state index in [1.807, 2.05) is 0 Å². The molecular formula is C48H44N2. The van der Waals surface area contributed by atoms with Gasteiger partial charge in [-0.1, -0.05) is 116 Å². The van der Waals surface area contributed by atoms with Gasteiger partial charge in [-0.2, -0.15) is 0 Å². The number of aromatic nitrogens is 2. The van der Waals surface area contributed by atoms with Gasteiger partial charge in [-0.05, 0) is 110 Å². The molecule has 246 valence electrons. The summed E-state index contributed by atoms with van der Waals surface area (Å²) >= 11 is 0. The molecule has 10 rings (SSSR count). The molecule has 0 fully saturated rings. The largest absolute Gasteiger partial charge is 0.309 e. The van der Waals surface area contributed by atoms with Crippen LogP contribution in [0.25, 0.3) is 66.1 Å². The van der Waals surface area contributed by atoms with Gasteiger partial charge in [0.15, 0.2) is 0 Å². The topological polar surface area (TPSA) is 9.86 Å². The Morgan fingerprint density at radius 2 is 0.820 bits per heavy atom. The predicted octanol–water partition coefficient (Wildman–Crippen LogP) is 12.8. The van der Waals surface area contributed by atoms with E-state index >= 15 is 0 Å². The molecule has 0 aliphatic heterocycles. The Morgan fingerprint density at radius 3 is 1.42 bits per heavy atom. The molecule has 0 spiro atoms. The summed E-state index contributed by atoms with van der Waals surface area (Å²) < 4.78 is 4.96. The second kappa shape index (κ2) is 9.37. The van der Waals surface area contributed by atoms with E-state index in [4.69, 9.17) is 0 Å². The minimum atomic E-state index is -0.0719. The highest BCUT2D eigenvalue weighted by Gasteiger charge is 2.57. The molecule has 0 saturated carbocycles. The van der Waals surface area contributed by atoms with Gasteiger partial charge in [0.05, 0.1) is 22.1 Å². The van der Waals surface area contributed by atoms with Crippen LogP contribution in [0.5, 0.6) is 0 Å². The third-order valence-electron chi connectivity index (χ3n) is 14.0. The van der Waals surface area contributed by atoms with Crippen LogP contribution in [0.4, 0.5) is 0 Å². The lowest BCUT2D eigenvalue weighted by molar-refractivity contribution is 0.125. The highest BCUT2D eigenvalue weighted by Crippen LogP contribution is 2.62. The summed E-state index contributed by atoms with van der Waals surface area (Å²) in [5.74, 6) is 0. The van der Waals surface area contributed by atoms with E-state index < -0.39 is 0 Å². The Labute approximate surface area is 295 Å². The number of fused-ring (bicyclic) bond motifs is 10. The average Bonchev–Trinajstić information content (AvgIpc) is 3.72. The fourth-order valence-corrected chi connectivity index (χ4v) is 9.97. The van der Waals surface area contributed by atoms with Gasteiger partial charge in [0.25, 0.3) is 0 Å². The van der Waals surface area contributed by atoms with Crippen molar-refractivity contribution in [3.8, 4) is 22.5 Å². The lowest BCUT2D eigenvalue weighted by Crippen LogP contribution is -2.42. The Hall–Kier alpha value is -5.08. The van der Waals surface area contributed by atoms with Crippen LogP contribution in [0.1, 0.15) is 77.6 Å². The molecule has 2 aliphatic rings. The first kappa shape index (κ1) is 29.8. The SMILES string of the molecule is CC1(C)c2ccccc2-c2cc3c4cc5c(cc4n(-c4ccc(-n6c7ccccc7c7ccccc76)cc4)c3cc21)C(C)(C)C(C)(C)C5(C)C. The monoisotopic (exact) mass is 648 g/mol. The van der Waals surface area contributed by atoms with Crippen LogP contribution in [0.2, 0.25) is 0 Å². The van der Waals surface area contributed by atoms with E-state index in [9.17, 15) is 0 Å². The van der Waals surface area contributed by atoms with Crippen molar-refractivity contribution in [3.63, 3.8) is 0 Å². The average molecular weight is 649 g/mol. The molecule has 2 aromatic heterocycles. The van der Waals surface area contributed by atoms with Crippen molar-refractivity contribution < 1.29 is 0 Å². The fourth-order valence-electron chi connectivity index (χ4n) is 9.97. The summed E-state index contributed by atoms with van der Waals surface area (Å²) in [6, 6.07) is 45.9. The van der Waals surface area contributed by atoms with Crippen LogP contribution in [0.3, 0.4) is 0 Å². The van der Waals surface area contributed by atoms with Crippen LogP contribution >= 0.6 is 0 Å². The normalized spacial score (nSPS) is 17.8. The smallest absolute Gasteiger partial charge is 0.0544 e. The lowest BCUT2D eigenvalue weighted by atomic mass is 9.59. The third-order valence-corrected chi connectivity index (χ3v) is 14.0. The molecule has 0 saturated heterocycles. The van der Waals surface area contributed by atoms with Gasteiger partial charge in [0.2, 0.25) is 0 Å². The van der Waals surface area contributed by atoms with Crippen molar-refractivity contribution in [2.45, 2.75) is 71.6 Å². The summed E-state index contributed by atoms with van der Waals surface area (Å²) in [5.41, 5.74) is 16.0. The van der Waals surface area contributed by atoms with Crippen molar-refractivity contribution in [1.82, 2.24) is 9.13 Å². The van der Waals surface area contributed by atoms with Gasteiger partial charge in [0.1, 0.15) is 0 Å². The highest BCUT2D eigenvalue weighted by molar-refractivity contribution is 6.13.